The van der Waals surface area contributed by atoms with Gasteiger partial charge in [0.25, 0.3) is 0 Å². The monoisotopic (exact) mass is 318 g/mol. The first-order chi connectivity index (χ1) is 7.99. The number of aryl methyl sites for hydroxylation is 1. The SMILES string of the molecule is Cc1cnc(NCC2CCCS2(=O)=O)c(Br)c1. The van der Waals surface area contributed by atoms with Crippen LogP contribution in [0.1, 0.15) is 18.4 Å². The van der Waals surface area contributed by atoms with Gasteiger partial charge in [-0.1, -0.05) is 0 Å². The summed E-state index contributed by atoms with van der Waals surface area (Å²) in [4.78, 5) is 4.23. The number of hydrogen-bond acceptors (Lipinski definition) is 4. The van der Waals surface area contributed by atoms with Gasteiger partial charge in [0.05, 0.1) is 15.5 Å². The van der Waals surface area contributed by atoms with Gasteiger partial charge in [-0.3, -0.25) is 0 Å². The number of nitrogens with one attached hydrogen (secondary N) is 1. The number of aromatic nitrogens is 1. The lowest BCUT2D eigenvalue weighted by atomic mass is 10.2. The molecular weight excluding hydrogens is 304 g/mol. The van der Waals surface area contributed by atoms with Gasteiger partial charge in [-0.15, -0.1) is 0 Å². The number of pyridine rings is 1. The summed E-state index contributed by atoms with van der Waals surface area (Å²) < 4.78 is 24.2. The highest BCUT2D eigenvalue weighted by Crippen LogP contribution is 2.23. The predicted octanol–water partition coefficient (Wildman–Crippen LogP) is 2.14. The fraction of sp³-hybridized carbons (Fsp3) is 0.545. The van der Waals surface area contributed by atoms with Crippen molar-refractivity contribution < 1.29 is 8.42 Å². The summed E-state index contributed by atoms with van der Waals surface area (Å²) in [5, 5.41) is 2.83. The molecule has 1 fully saturated rings. The maximum absolute atomic E-state index is 11.6. The molecule has 0 aromatic carbocycles. The third kappa shape index (κ3) is 2.98. The highest BCUT2D eigenvalue weighted by atomic mass is 79.9. The van der Waals surface area contributed by atoms with Crippen molar-refractivity contribution in [1.82, 2.24) is 4.98 Å². The Morgan fingerprint density at radius 1 is 1.59 bits per heavy atom. The smallest absolute Gasteiger partial charge is 0.154 e. The molecule has 94 valence electrons. The average Bonchev–Trinajstić information content (AvgIpc) is 2.57. The summed E-state index contributed by atoms with van der Waals surface area (Å²) >= 11 is 3.41. The Bertz CT molecular complexity index is 516. The van der Waals surface area contributed by atoms with Gasteiger partial charge >= 0.3 is 0 Å². The van der Waals surface area contributed by atoms with Gasteiger partial charge in [0.1, 0.15) is 5.82 Å². The van der Waals surface area contributed by atoms with Crippen molar-refractivity contribution in [2.75, 3.05) is 17.6 Å². The van der Waals surface area contributed by atoms with E-state index in [4.69, 9.17) is 0 Å². The number of nitrogens with zero attached hydrogens (tertiary/aromatic N) is 1. The first-order valence-corrected chi connectivity index (χ1v) is 8.07. The van der Waals surface area contributed by atoms with E-state index in [9.17, 15) is 8.42 Å². The molecule has 1 unspecified atom stereocenters. The number of rotatable bonds is 3. The first kappa shape index (κ1) is 12.8. The third-order valence-corrected chi connectivity index (χ3v) is 5.82. The topological polar surface area (TPSA) is 59.1 Å². The van der Waals surface area contributed by atoms with Crippen molar-refractivity contribution in [2.24, 2.45) is 0 Å². The minimum Gasteiger partial charge on any atom is -0.368 e. The molecule has 17 heavy (non-hydrogen) atoms. The van der Waals surface area contributed by atoms with Crippen molar-refractivity contribution in [2.45, 2.75) is 25.0 Å². The molecule has 1 saturated heterocycles. The molecule has 1 aromatic heterocycles. The van der Waals surface area contributed by atoms with Gasteiger partial charge in [-0.05, 0) is 47.3 Å². The van der Waals surface area contributed by atoms with E-state index in [-0.39, 0.29) is 5.25 Å². The second-order valence-corrected chi connectivity index (χ2v) is 7.61. The fourth-order valence-corrected chi connectivity index (χ4v) is 4.33. The Morgan fingerprint density at radius 3 is 2.94 bits per heavy atom. The van der Waals surface area contributed by atoms with Crippen LogP contribution in [0.2, 0.25) is 0 Å². The van der Waals surface area contributed by atoms with Crippen LogP contribution in [0.4, 0.5) is 5.82 Å². The van der Waals surface area contributed by atoms with Crippen LogP contribution in [0.25, 0.3) is 0 Å². The van der Waals surface area contributed by atoms with Gasteiger partial charge in [-0.2, -0.15) is 0 Å². The molecule has 0 radical (unpaired) electrons. The van der Waals surface area contributed by atoms with E-state index in [1.807, 2.05) is 13.0 Å². The molecular formula is C11H15BrN2O2S. The molecule has 0 aliphatic carbocycles. The Labute approximate surface area is 110 Å². The molecule has 1 aliphatic rings. The minimum absolute atomic E-state index is 0.266. The average molecular weight is 319 g/mol. The second kappa shape index (κ2) is 4.94. The molecule has 0 amide bonds. The molecule has 0 bridgehead atoms. The van der Waals surface area contributed by atoms with Crippen molar-refractivity contribution in [3.8, 4) is 0 Å². The van der Waals surface area contributed by atoms with Crippen molar-refractivity contribution in [3.05, 3.63) is 22.3 Å². The maximum Gasteiger partial charge on any atom is 0.154 e. The van der Waals surface area contributed by atoms with E-state index in [0.717, 1.165) is 22.9 Å². The minimum atomic E-state index is -2.88. The quantitative estimate of drug-likeness (QED) is 0.927. The van der Waals surface area contributed by atoms with Gasteiger partial charge in [-0.25, -0.2) is 13.4 Å². The Hall–Kier alpha value is -0.620. The van der Waals surface area contributed by atoms with Crippen LogP contribution in [0, 0.1) is 6.92 Å². The molecule has 0 spiro atoms. The summed E-state index contributed by atoms with van der Waals surface area (Å²) in [6.07, 6.45) is 3.28. The Morgan fingerprint density at radius 2 is 2.35 bits per heavy atom. The highest BCUT2D eigenvalue weighted by Gasteiger charge is 2.30. The normalized spacial score (nSPS) is 22.6. The van der Waals surface area contributed by atoms with Crippen LogP contribution in [-0.2, 0) is 9.84 Å². The lowest BCUT2D eigenvalue weighted by Crippen LogP contribution is -2.25. The predicted molar refractivity (Wildman–Crippen MR) is 72.0 cm³/mol. The van der Waals surface area contributed by atoms with Crippen molar-refractivity contribution in [1.29, 1.82) is 0 Å². The lowest BCUT2D eigenvalue weighted by Gasteiger charge is -2.12. The number of anilines is 1. The molecule has 2 heterocycles. The van der Waals surface area contributed by atoms with E-state index in [1.165, 1.54) is 0 Å². The zero-order valence-electron chi connectivity index (χ0n) is 9.61. The fourth-order valence-electron chi connectivity index (χ4n) is 1.96. The summed E-state index contributed by atoms with van der Waals surface area (Å²) in [5.41, 5.74) is 1.07. The van der Waals surface area contributed by atoms with Crippen LogP contribution in [0.3, 0.4) is 0 Å². The largest absolute Gasteiger partial charge is 0.368 e. The number of sulfone groups is 1. The van der Waals surface area contributed by atoms with Crippen LogP contribution in [-0.4, -0.2) is 30.9 Å². The first-order valence-electron chi connectivity index (χ1n) is 5.56. The van der Waals surface area contributed by atoms with Gasteiger partial charge in [0.15, 0.2) is 9.84 Å². The van der Waals surface area contributed by atoms with Crippen LogP contribution in [0.5, 0.6) is 0 Å². The zero-order chi connectivity index (χ0) is 12.5. The molecule has 1 aliphatic heterocycles. The molecule has 2 rings (SSSR count). The highest BCUT2D eigenvalue weighted by molar-refractivity contribution is 9.10. The number of hydrogen-bond donors (Lipinski definition) is 1. The Kier molecular flexibility index (Phi) is 3.73. The standard InChI is InChI=1S/C11H15BrN2O2S/c1-8-5-10(12)11(13-6-8)14-7-9-3-2-4-17(9,15)16/h5-6,9H,2-4,7H2,1H3,(H,13,14). The summed E-state index contributed by atoms with van der Waals surface area (Å²) in [6, 6.07) is 1.96. The van der Waals surface area contributed by atoms with E-state index in [2.05, 4.69) is 26.2 Å². The zero-order valence-corrected chi connectivity index (χ0v) is 12.0. The molecule has 1 atom stereocenters. The molecule has 0 saturated carbocycles. The second-order valence-electron chi connectivity index (χ2n) is 4.36. The van der Waals surface area contributed by atoms with E-state index >= 15 is 0 Å². The lowest BCUT2D eigenvalue weighted by molar-refractivity contribution is 0.591. The van der Waals surface area contributed by atoms with Crippen molar-refractivity contribution in [3.63, 3.8) is 0 Å². The molecule has 4 nitrogen and oxygen atoms in total. The number of halogens is 1. The summed E-state index contributed by atoms with van der Waals surface area (Å²) in [6.45, 7) is 2.40. The van der Waals surface area contributed by atoms with Gasteiger partial charge in [0, 0.05) is 12.7 Å². The van der Waals surface area contributed by atoms with Gasteiger partial charge in [0.2, 0.25) is 0 Å². The molecule has 1 aromatic rings. The van der Waals surface area contributed by atoms with E-state index in [0.29, 0.717) is 18.1 Å². The van der Waals surface area contributed by atoms with Crippen LogP contribution >= 0.6 is 15.9 Å². The molecule has 1 N–H and O–H groups in total. The van der Waals surface area contributed by atoms with Crippen molar-refractivity contribution >= 4 is 31.6 Å². The third-order valence-electron chi connectivity index (χ3n) is 2.94. The van der Waals surface area contributed by atoms with Crippen LogP contribution in [0.15, 0.2) is 16.7 Å². The van der Waals surface area contributed by atoms with E-state index < -0.39 is 9.84 Å². The van der Waals surface area contributed by atoms with E-state index in [1.54, 1.807) is 6.20 Å². The summed E-state index contributed by atoms with van der Waals surface area (Å²) in [5.74, 6) is 1.03. The van der Waals surface area contributed by atoms with Gasteiger partial charge < -0.3 is 5.32 Å². The maximum atomic E-state index is 11.6. The summed E-state index contributed by atoms with van der Waals surface area (Å²) in [7, 11) is -2.88. The molecule has 6 heteroatoms. The Balaban J connectivity index is 2.03. The van der Waals surface area contributed by atoms with Crippen LogP contribution < -0.4 is 5.32 Å².